The number of carbonyl (C=O) groups is 1. The van der Waals surface area contributed by atoms with E-state index in [0.717, 1.165) is 0 Å². The number of anilines is 1. The van der Waals surface area contributed by atoms with E-state index in [1.807, 2.05) is 0 Å². The number of methoxy groups -OCH3 is 1. The number of nitroso groups, excluding NO2 is 1. The van der Waals surface area contributed by atoms with Crippen molar-refractivity contribution in [2.45, 2.75) is 6.41 Å². The highest BCUT2D eigenvalue weighted by atomic mass is 16.6. The van der Waals surface area contributed by atoms with Crippen molar-refractivity contribution in [3.05, 3.63) is 41.3 Å². The number of esters is 1. The van der Waals surface area contributed by atoms with Gasteiger partial charge in [0.25, 0.3) is 0 Å². The molecule has 2 N–H and O–H groups in total. The third-order valence-electron chi connectivity index (χ3n) is 2.15. The Bertz CT molecular complexity index is 458. The lowest BCUT2D eigenvalue weighted by Crippen LogP contribution is -2.24. The minimum absolute atomic E-state index is 0.0869. The number of carbonyl (C=O) groups excluding carboxylic acids is 1. The van der Waals surface area contributed by atoms with E-state index < -0.39 is 12.4 Å². The molecule has 0 aliphatic heterocycles. The third-order valence-corrected chi connectivity index (χ3v) is 2.15. The van der Waals surface area contributed by atoms with Gasteiger partial charge in [-0.1, -0.05) is 6.58 Å². The Kier molecular flexibility index (Phi) is 5.65. The molecule has 0 amide bonds. The second-order valence-electron chi connectivity index (χ2n) is 3.54. The summed E-state index contributed by atoms with van der Waals surface area (Å²) in [6.07, 6.45) is -1.32. The molecule has 0 radical (unpaired) electrons. The van der Waals surface area contributed by atoms with Crippen LogP contribution in [0.4, 0.5) is 11.4 Å². The Labute approximate surface area is 109 Å². The van der Waals surface area contributed by atoms with E-state index >= 15 is 0 Å². The van der Waals surface area contributed by atoms with Crippen LogP contribution in [0, 0.1) is 4.91 Å². The molecule has 102 valence electrons. The van der Waals surface area contributed by atoms with E-state index in [0.29, 0.717) is 5.69 Å². The first kappa shape index (κ1) is 14.8. The van der Waals surface area contributed by atoms with Gasteiger partial charge in [0.15, 0.2) is 0 Å². The number of nitrogens with one attached hydrogen (secondary N) is 1. The molecule has 0 aliphatic rings. The predicted molar refractivity (Wildman–Crippen MR) is 68.6 cm³/mol. The Balaban J connectivity index is 2.42. The van der Waals surface area contributed by atoms with Gasteiger partial charge in [0.1, 0.15) is 5.69 Å². The van der Waals surface area contributed by atoms with Gasteiger partial charge in [0.05, 0.1) is 19.3 Å². The van der Waals surface area contributed by atoms with Crippen molar-refractivity contribution in [2.75, 3.05) is 19.0 Å². The molecule has 0 saturated heterocycles. The maximum Gasteiger partial charge on any atom is 0.335 e. The predicted octanol–water partition coefficient (Wildman–Crippen LogP) is 1.52. The van der Waals surface area contributed by atoms with Crippen LogP contribution >= 0.6 is 0 Å². The second kappa shape index (κ2) is 7.24. The zero-order valence-electron chi connectivity index (χ0n) is 10.3. The van der Waals surface area contributed by atoms with Crippen molar-refractivity contribution in [1.29, 1.82) is 0 Å². The Morgan fingerprint density at radius 1 is 1.47 bits per heavy atom. The van der Waals surface area contributed by atoms with Crippen LogP contribution in [-0.2, 0) is 14.3 Å². The molecule has 1 aromatic rings. The van der Waals surface area contributed by atoms with E-state index in [1.54, 1.807) is 12.1 Å². The van der Waals surface area contributed by atoms with Gasteiger partial charge in [-0.05, 0) is 29.4 Å². The van der Waals surface area contributed by atoms with E-state index in [2.05, 4.69) is 21.8 Å². The summed E-state index contributed by atoms with van der Waals surface area (Å²) < 4.78 is 9.37. The number of hydrogen-bond donors (Lipinski definition) is 2. The Hall–Kier alpha value is -2.25. The molecule has 19 heavy (non-hydrogen) atoms. The van der Waals surface area contributed by atoms with Gasteiger partial charge in [-0.3, -0.25) is 0 Å². The fourth-order valence-electron chi connectivity index (χ4n) is 1.19. The first-order valence-corrected chi connectivity index (χ1v) is 5.32. The van der Waals surface area contributed by atoms with Crippen LogP contribution in [0.1, 0.15) is 0 Å². The summed E-state index contributed by atoms with van der Waals surface area (Å²) in [4.78, 5) is 21.2. The smallest absolute Gasteiger partial charge is 0.335 e. The monoisotopic (exact) mass is 266 g/mol. The lowest BCUT2D eigenvalue weighted by molar-refractivity contribution is -0.138. The van der Waals surface area contributed by atoms with Crippen molar-refractivity contribution >= 4 is 17.3 Å². The molecule has 1 rings (SSSR count). The van der Waals surface area contributed by atoms with E-state index in [1.165, 1.54) is 19.2 Å². The fraction of sp³-hybridized carbons (Fsp3) is 0.250. The average Bonchev–Trinajstić information content (AvgIpc) is 2.44. The van der Waals surface area contributed by atoms with Crippen LogP contribution in [0.2, 0.25) is 0 Å². The molecular weight excluding hydrogens is 252 g/mol. The maximum atomic E-state index is 11.0. The quantitative estimate of drug-likeness (QED) is 0.336. The summed E-state index contributed by atoms with van der Waals surface area (Å²) in [6, 6.07) is 6.07. The molecule has 1 unspecified atom stereocenters. The normalized spacial score (nSPS) is 11.5. The van der Waals surface area contributed by atoms with E-state index in [9.17, 15) is 14.8 Å². The molecule has 0 saturated carbocycles. The standard InChI is InChI=1S/C12H14N2O5/c1-8(11(15)18-2)7-19-12(16)13-9-3-5-10(14-17)6-4-9/h3-6,12-13,16H,1,7H2,2H3. The minimum atomic E-state index is -1.32. The van der Waals surface area contributed by atoms with E-state index in [4.69, 9.17) is 4.74 Å². The third kappa shape index (κ3) is 4.86. The molecule has 0 aromatic heterocycles. The number of aliphatic hydroxyl groups excluding tert-OH is 1. The molecule has 0 spiro atoms. The molecule has 0 aliphatic carbocycles. The van der Waals surface area contributed by atoms with Crippen LogP contribution in [0.5, 0.6) is 0 Å². The van der Waals surface area contributed by atoms with Crippen LogP contribution in [0.25, 0.3) is 0 Å². The van der Waals surface area contributed by atoms with Gasteiger partial charge in [0.2, 0.25) is 6.41 Å². The zero-order chi connectivity index (χ0) is 14.3. The summed E-state index contributed by atoms with van der Waals surface area (Å²) in [5, 5.41) is 14.9. The first-order valence-electron chi connectivity index (χ1n) is 5.32. The van der Waals surface area contributed by atoms with Crippen molar-refractivity contribution in [1.82, 2.24) is 0 Å². The maximum absolute atomic E-state index is 11.0. The largest absolute Gasteiger partial charge is 0.466 e. The van der Waals surface area contributed by atoms with Gasteiger partial charge in [0, 0.05) is 5.69 Å². The van der Waals surface area contributed by atoms with Crippen LogP contribution in [-0.4, -0.2) is 31.2 Å². The van der Waals surface area contributed by atoms with Gasteiger partial charge >= 0.3 is 5.97 Å². The van der Waals surface area contributed by atoms with Crippen molar-refractivity contribution in [2.24, 2.45) is 5.18 Å². The molecule has 0 fully saturated rings. The topological polar surface area (TPSA) is 97.2 Å². The molecule has 1 aromatic carbocycles. The lowest BCUT2D eigenvalue weighted by atomic mass is 10.3. The lowest BCUT2D eigenvalue weighted by Gasteiger charge is -2.15. The number of rotatable bonds is 7. The highest BCUT2D eigenvalue weighted by molar-refractivity contribution is 5.87. The Morgan fingerprint density at radius 2 is 2.11 bits per heavy atom. The zero-order valence-corrected chi connectivity index (χ0v) is 10.3. The van der Waals surface area contributed by atoms with Crippen molar-refractivity contribution in [3.8, 4) is 0 Å². The molecular formula is C12H14N2O5. The average molecular weight is 266 g/mol. The summed E-state index contributed by atoms with van der Waals surface area (Å²) in [5.41, 5.74) is 0.896. The number of ether oxygens (including phenoxy) is 2. The highest BCUT2D eigenvalue weighted by Crippen LogP contribution is 2.16. The Morgan fingerprint density at radius 3 is 2.63 bits per heavy atom. The fourth-order valence-corrected chi connectivity index (χ4v) is 1.19. The van der Waals surface area contributed by atoms with E-state index in [-0.39, 0.29) is 17.9 Å². The molecule has 7 nitrogen and oxygen atoms in total. The molecule has 0 heterocycles. The summed E-state index contributed by atoms with van der Waals surface area (Å²) >= 11 is 0. The number of aliphatic hydroxyl groups is 1. The van der Waals surface area contributed by atoms with Crippen LogP contribution < -0.4 is 5.32 Å². The first-order chi connectivity index (χ1) is 9.06. The molecule has 7 heteroatoms. The highest BCUT2D eigenvalue weighted by Gasteiger charge is 2.10. The van der Waals surface area contributed by atoms with Gasteiger partial charge < -0.3 is 19.9 Å². The SMILES string of the molecule is C=C(COC(O)Nc1ccc(N=O)cc1)C(=O)OC. The van der Waals surface area contributed by atoms with Gasteiger partial charge in [-0.25, -0.2) is 4.79 Å². The summed E-state index contributed by atoms with van der Waals surface area (Å²) in [7, 11) is 1.23. The molecule has 1 atom stereocenters. The number of hydrogen-bond acceptors (Lipinski definition) is 7. The number of nitrogens with zero attached hydrogens (tertiary/aromatic N) is 1. The summed E-state index contributed by atoms with van der Waals surface area (Å²) in [6.45, 7) is 3.27. The van der Waals surface area contributed by atoms with Crippen LogP contribution in [0.3, 0.4) is 0 Å². The van der Waals surface area contributed by atoms with Crippen molar-refractivity contribution in [3.63, 3.8) is 0 Å². The van der Waals surface area contributed by atoms with Gasteiger partial charge in [-0.2, -0.15) is 0 Å². The summed E-state index contributed by atoms with van der Waals surface area (Å²) in [5.74, 6) is -0.603. The van der Waals surface area contributed by atoms with Crippen molar-refractivity contribution < 1.29 is 19.4 Å². The second-order valence-corrected chi connectivity index (χ2v) is 3.54. The molecule has 0 bridgehead atoms. The number of benzene rings is 1. The minimum Gasteiger partial charge on any atom is -0.466 e. The van der Waals surface area contributed by atoms with Crippen LogP contribution in [0.15, 0.2) is 41.6 Å². The van der Waals surface area contributed by atoms with Gasteiger partial charge in [-0.15, -0.1) is 4.91 Å².